The topological polar surface area (TPSA) is 3.24 Å². The second kappa shape index (κ2) is 6.23. The predicted molar refractivity (Wildman–Crippen MR) is 94.7 cm³/mol. The molecule has 0 bridgehead atoms. The summed E-state index contributed by atoms with van der Waals surface area (Å²) in [6.45, 7) is 6.84. The molecule has 1 saturated heterocycles. The SMILES string of the molecule is CCC1(C)CN([C@H](c2ccccc2)c2cc(Cl)cc(Cl)c2)C1. The zero-order chi connectivity index (χ0) is 15.7. The molecule has 0 N–H and O–H groups in total. The molecule has 22 heavy (non-hydrogen) atoms. The maximum Gasteiger partial charge on any atom is 0.0603 e. The van der Waals surface area contributed by atoms with Gasteiger partial charge in [0.25, 0.3) is 0 Å². The second-order valence-electron chi connectivity index (χ2n) is 6.59. The Kier molecular flexibility index (Phi) is 4.49. The van der Waals surface area contributed by atoms with Gasteiger partial charge in [-0.25, -0.2) is 0 Å². The first-order valence-electron chi connectivity index (χ1n) is 7.76. The molecule has 3 rings (SSSR count). The number of hydrogen-bond acceptors (Lipinski definition) is 1. The Morgan fingerprint density at radius 3 is 2.14 bits per heavy atom. The minimum absolute atomic E-state index is 0.219. The minimum atomic E-state index is 0.219. The summed E-state index contributed by atoms with van der Waals surface area (Å²) >= 11 is 12.5. The van der Waals surface area contributed by atoms with Crippen LogP contribution in [-0.4, -0.2) is 18.0 Å². The highest BCUT2D eigenvalue weighted by atomic mass is 35.5. The number of rotatable bonds is 4. The zero-order valence-corrected chi connectivity index (χ0v) is 14.5. The number of hydrogen-bond donors (Lipinski definition) is 0. The van der Waals surface area contributed by atoms with E-state index in [0.29, 0.717) is 15.5 Å². The lowest BCUT2D eigenvalue weighted by atomic mass is 9.77. The van der Waals surface area contributed by atoms with Crippen LogP contribution in [0.1, 0.15) is 37.4 Å². The van der Waals surface area contributed by atoms with Crippen molar-refractivity contribution in [3.8, 4) is 0 Å². The molecule has 1 heterocycles. The number of likely N-dealkylation sites (tertiary alicyclic amines) is 1. The third-order valence-corrected chi connectivity index (χ3v) is 5.14. The lowest BCUT2D eigenvalue weighted by Crippen LogP contribution is -2.55. The summed E-state index contributed by atoms with van der Waals surface area (Å²) in [5.74, 6) is 0. The smallest absolute Gasteiger partial charge is 0.0603 e. The largest absolute Gasteiger partial charge is 0.291 e. The second-order valence-corrected chi connectivity index (χ2v) is 7.46. The van der Waals surface area contributed by atoms with Crippen LogP contribution in [0.15, 0.2) is 48.5 Å². The highest BCUT2D eigenvalue weighted by Gasteiger charge is 2.41. The normalized spacial score (nSPS) is 18.7. The summed E-state index contributed by atoms with van der Waals surface area (Å²) in [5.41, 5.74) is 2.89. The molecule has 0 radical (unpaired) electrons. The van der Waals surface area contributed by atoms with Crippen molar-refractivity contribution in [2.45, 2.75) is 26.3 Å². The Hall–Kier alpha value is -1.02. The van der Waals surface area contributed by atoms with E-state index in [1.807, 2.05) is 12.1 Å². The molecular weight excluding hydrogens is 313 g/mol. The standard InChI is InChI=1S/C19H21Cl2N/c1-3-19(2)12-22(13-19)18(14-7-5-4-6-8-14)15-9-16(20)11-17(21)10-15/h4-11,18H,3,12-13H2,1-2H3/t18-/m1/s1. The monoisotopic (exact) mass is 333 g/mol. The molecule has 1 atom stereocenters. The Balaban J connectivity index is 1.97. The van der Waals surface area contributed by atoms with Crippen LogP contribution < -0.4 is 0 Å². The van der Waals surface area contributed by atoms with E-state index in [4.69, 9.17) is 23.2 Å². The first-order valence-corrected chi connectivity index (χ1v) is 8.51. The Morgan fingerprint density at radius 1 is 1.00 bits per heavy atom. The molecule has 1 aliphatic rings. The molecule has 0 aliphatic carbocycles. The van der Waals surface area contributed by atoms with Crippen molar-refractivity contribution in [2.75, 3.05) is 13.1 Å². The highest BCUT2D eigenvalue weighted by molar-refractivity contribution is 6.34. The fourth-order valence-corrected chi connectivity index (χ4v) is 3.87. The van der Waals surface area contributed by atoms with Crippen molar-refractivity contribution in [3.05, 3.63) is 69.7 Å². The van der Waals surface area contributed by atoms with Crippen molar-refractivity contribution >= 4 is 23.2 Å². The van der Waals surface area contributed by atoms with Crippen LogP contribution in [0.25, 0.3) is 0 Å². The Labute approximate surface area is 142 Å². The average Bonchev–Trinajstić information content (AvgIpc) is 2.45. The van der Waals surface area contributed by atoms with E-state index in [9.17, 15) is 0 Å². The predicted octanol–water partition coefficient (Wildman–Crippen LogP) is 5.81. The highest BCUT2D eigenvalue weighted by Crippen LogP contribution is 2.42. The molecule has 0 unspecified atom stereocenters. The summed E-state index contributed by atoms with van der Waals surface area (Å²) < 4.78 is 0. The van der Waals surface area contributed by atoms with Gasteiger partial charge in [-0.1, -0.05) is 67.4 Å². The van der Waals surface area contributed by atoms with Crippen LogP contribution in [0.4, 0.5) is 0 Å². The number of benzene rings is 2. The van der Waals surface area contributed by atoms with E-state index >= 15 is 0 Å². The van der Waals surface area contributed by atoms with E-state index in [2.05, 4.69) is 49.1 Å². The molecule has 0 saturated carbocycles. The molecule has 1 fully saturated rings. The Bertz CT molecular complexity index is 627. The van der Waals surface area contributed by atoms with Crippen LogP contribution in [0, 0.1) is 5.41 Å². The van der Waals surface area contributed by atoms with Crippen LogP contribution in [0.2, 0.25) is 10.0 Å². The molecule has 3 heteroatoms. The van der Waals surface area contributed by atoms with Gasteiger partial charge in [-0.3, -0.25) is 4.90 Å². The molecule has 2 aromatic carbocycles. The maximum atomic E-state index is 6.23. The lowest BCUT2D eigenvalue weighted by Gasteiger charge is -2.51. The first kappa shape index (κ1) is 15.9. The summed E-state index contributed by atoms with van der Waals surface area (Å²) in [6, 6.07) is 16.7. The van der Waals surface area contributed by atoms with E-state index in [0.717, 1.165) is 13.1 Å². The van der Waals surface area contributed by atoms with Gasteiger partial charge in [0.05, 0.1) is 6.04 Å². The molecule has 0 aromatic heterocycles. The summed E-state index contributed by atoms with van der Waals surface area (Å²) in [5, 5.41) is 1.39. The van der Waals surface area contributed by atoms with Gasteiger partial charge in [-0.2, -0.15) is 0 Å². The van der Waals surface area contributed by atoms with Gasteiger partial charge >= 0.3 is 0 Å². The third-order valence-electron chi connectivity index (χ3n) is 4.70. The van der Waals surface area contributed by atoms with E-state index in [1.165, 1.54) is 17.5 Å². The van der Waals surface area contributed by atoms with Gasteiger partial charge in [0, 0.05) is 23.1 Å². The molecular formula is C19H21Cl2N. The summed E-state index contributed by atoms with van der Waals surface area (Å²) in [7, 11) is 0. The average molecular weight is 334 g/mol. The van der Waals surface area contributed by atoms with Crippen LogP contribution in [0.3, 0.4) is 0 Å². The van der Waals surface area contributed by atoms with Gasteiger partial charge < -0.3 is 0 Å². The maximum absolute atomic E-state index is 6.23. The van der Waals surface area contributed by atoms with Gasteiger partial charge in [0.15, 0.2) is 0 Å². The fourth-order valence-electron chi connectivity index (χ4n) is 3.32. The van der Waals surface area contributed by atoms with E-state index < -0.39 is 0 Å². The minimum Gasteiger partial charge on any atom is -0.291 e. The third kappa shape index (κ3) is 3.17. The van der Waals surface area contributed by atoms with Crippen molar-refractivity contribution < 1.29 is 0 Å². The zero-order valence-electron chi connectivity index (χ0n) is 13.0. The first-order chi connectivity index (χ1) is 10.5. The lowest BCUT2D eigenvalue weighted by molar-refractivity contribution is -0.0105. The Morgan fingerprint density at radius 2 is 1.59 bits per heavy atom. The van der Waals surface area contributed by atoms with Crippen molar-refractivity contribution in [1.82, 2.24) is 4.90 Å². The van der Waals surface area contributed by atoms with Crippen molar-refractivity contribution in [3.63, 3.8) is 0 Å². The van der Waals surface area contributed by atoms with Crippen LogP contribution >= 0.6 is 23.2 Å². The van der Waals surface area contributed by atoms with Gasteiger partial charge in [-0.05, 0) is 41.2 Å². The van der Waals surface area contributed by atoms with Gasteiger partial charge in [0.2, 0.25) is 0 Å². The van der Waals surface area contributed by atoms with Crippen LogP contribution in [0.5, 0.6) is 0 Å². The van der Waals surface area contributed by atoms with Crippen molar-refractivity contribution in [2.24, 2.45) is 5.41 Å². The summed E-state index contributed by atoms with van der Waals surface area (Å²) in [4.78, 5) is 2.51. The van der Waals surface area contributed by atoms with Crippen LogP contribution in [-0.2, 0) is 0 Å². The quantitative estimate of drug-likeness (QED) is 0.681. The molecule has 1 aliphatic heterocycles. The molecule has 2 aromatic rings. The molecule has 116 valence electrons. The molecule has 1 nitrogen and oxygen atoms in total. The van der Waals surface area contributed by atoms with Gasteiger partial charge in [-0.15, -0.1) is 0 Å². The van der Waals surface area contributed by atoms with E-state index in [-0.39, 0.29) is 6.04 Å². The molecule has 0 spiro atoms. The number of nitrogens with zero attached hydrogens (tertiary/aromatic N) is 1. The fraction of sp³-hybridized carbons (Fsp3) is 0.368. The molecule has 0 amide bonds. The summed E-state index contributed by atoms with van der Waals surface area (Å²) in [6.07, 6.45) is 1.21. The number of halogens is 2. The van der Waals surface area contributed by atoms with E-state index in [1.54, 1.807) is 6.07 Å². The van der Waals surface area contributed by atoms with Crippen molar-refractivity contribution in [1.29, 1.82) is 0 Å². The van der Waals surface area contributed by atoms with Gasteiger partial charge in [0.1, 0.15) is 0 Å².